The number of ether oxygens (including phenoxy) is 2. The van der Waals surface area contributed by atoms with Crippen LogP contribution in [0.4, 0.5) is 0 Å². The molecule has 0 aliphatic heterocycles. The summed E-state index contributed by atoms with van der Waals surface area (Å²) in [4.78, 5) is 0. The van der Waals surface area contributed by atoms with Gasteiger partial charge < -0.3 is 9.47 Å². The summed E-state index contributed by atoms with van der Waals surface area (Å²) in [7, 11) is 1.65. The normalized spacial score (nSPS) is 9.50. The SMILES string of the molecule is CC[CH]Oc1ccc(OC)cc1. The van der Waals surface area contributed by atoms with Crippen LogP contribution in [0.5, 0.6) is 11.5 Å². The molecule has 1 radical (unpaired) electrons. The molecule has 0 atom stereocenters. The van der Waals surface area contributed by atoms with Gasteiger partial charge in [-0.25, -0.2) is 0 Å². The van der Waals surface area contributed by atoms with Crippen molar-refractivity contribution in [3.05, 3.63) is 30.9 Å². The van der Waals surface area contributed by atoms with Crippen molar-refractivity contribution in [1.82, 2.24) is 0 Å². The summed E-state index contributed by atoms with van der Waals surface area (Å²) in [5.41, 5.74) is 0. The van der Waals surface area contributed by atoms with E-state index in [-0.39, 0.29) is 0 Å². The number of hydrogen-bond acceptors (Lipinski definition) is 2. The lowest BCUT2D eigenvalue weighted by Gasteiger charge is -2.03. The highest BCUT2D eigenvalue weighted by molar-refractivity contribution is 5.31. The maximum Gasteiger partial charge on any atom is 0.135 e. The first-order valence-electron chi connectivity index (χ1n) is 3.99. The summed E-state index contributed by atoms with van der Waals surface area (Å²) in [6, 6.07) is 7.51. The molecule has 0 N–H and O–H groups in total. The summed E-state index contributed by atoms with van der Waals surface area (Å²) in [6.45, 7) is 3.80. The van der Waals surface area contributed by atoms with Gasteiger partial charge in [-0.1, -0.05) is 6.92 Å². The molecule has 0 saturated carbocycles. The molecular weight excluding hydrogens is 152 g/mol. The fraction of sp³-hybridized carbons (Fsp3) is 0.300. The number of rotatable bonds is 4. The lowest BCUT2D eigenvalue weighted by Crippen LogP contribution is -1.88. The van der Waals surface area contributed by atoms with E-state index in [4.69, 9.17) is 9.47 Å². The second-order valence-corrected chi connectivity index (χ2v) is 2.37. The molecule has 0 bridgehead atoms. The third kappa shape index (κ3) is 2.46. The van der Waals surface area contributed by atoms with Crippen molar-refractivity contribution >= 4 is 0 Å². The molecule has 0 amide bonds. The second kappa shape index (κ2) is 4.65. The number of hydrogen-bond donors (Lipinski definition) is 0. The van der Waals surface area contributed by atoms with Gasteiger partial charge in [0, 0.05) is 0 Å². The lowest BCUT2D eigenvalue weighted by molar-refractivity contribution is 0.392. The molecule has 0 aliphatic carbocycles. The van der Waals surface area contributed by atoms with E-state index in [0.29, 0.717) is 0 Å². The van der Waals surface area contributed by atoms with Crippen molar-refractivity contribution in [3.63, 3.8) is 0 Å². The van der Waals surface area contributed by atoms with E-state index in [0.717, 1.165) is 17.9 Å². The van der Waals surface area contributed by atoms with Crippen LogP contribution in [0.3, 0.4) is 0 Å². The molecule has 0 spiro atoms. The van der Waals surface area contributed by atoms with Gasteiger partial charge in [0.25, 0.3) is 0 Å². The minimum atomic E-state index is 0.845. The predicted octanol–water partition coefficient (Wildman–Crippen LogP) is 2.65. The van der Waals surface area contributed by atoms with E-state index in [1.165, 1.54) is 0 Å². The molecule has 0 heterocycles. The highest BCUT2D eigenvalue weighted by Gasteiger charge is 1.93. The first-order chi connectivity index (χ1) is 5.86. The highest BCUT2D eigenvalue weighted by Crippen LogP contribution is 2.17. The van der Waals surface area contributed by atoms with Crippen LogP contribution in [0.15, 0.2) is 24.3 Å². The van der Waals surface area contributed by atoms with E-state index < -0.39 is 0 Å². The molecule has 65 valence electrons. The Labute approximate surface area is 73.1 Å². The monoisotopic (exact) mass is 165 g/mol. The van der Waals surface area contributed by atoms with Crippen LogP contribution >= 0.6 is 0 Å². The molecule has 0 unspecified atom stereocenters. The van der Waals surface area contributed by atoms with Crippen LogP contribution in [0.1, 0.15) is 13.3 Å². The van der Waals surface area contributed by atoms with Crippen LogP contribution in [0.25, 0.3) is 0 Å². The molecule has 0 saturated heterocycles. The molecule has 0 aliphatic rings. The van der Waals surface area contributed by atoms with Crippen LogP contribution in [-0.4, -0.2) is 7.11 Å². The van der Waals surface area contributed by atoms with Gasteiger partial charge in [0.05, 0.1) is 7.11 Å². The summed E-state index contributed by atoms with van der Waals surface area (Å²) in [5.74, 6) is 1.69. The zero-order chi connectivity index (χ0) is 8.81. The van der Waals surface area contributed by atoms with Gasteiger partial charge in [0.15, 0.2) is 0 Å². The Morgan fingerprint density at radius 2 is 1.75 bits per heavy atom. The van der Waals surface area contributed by atoms with E-state index in [1.807, 2.05) is 31.2 Å². The Hall–Kier alpha value is -1.18. The first-order valence-corrected chi connectivity index (χ1v) is 3.99. The van der Waals surface area contributed by atoms with E-state index >= 15 is 0 Å². The summed E-state index contributed by atoms with van der Waals surface area (Å²) >= 11 is 0. The second-order valence-electron chi connectivity index (χ2n) is 2.37. The van der Waals surface area contributed by atoms with Gasteiger partial charge in [-0.05, 0) is 30.7 Å². The van der Waals surface area contributed by atoms with Gasteiger partial charge in [0.2, 0.25) is 0 Å². The van der Waals surface area contributed by atoms with Crippen molar-refractivity contribution in [3.8, 4) is 11.5 Å². The molecule has 1 aromatic rings. The Kier molecular flexibility index (Phi) is 3.45. The molecule has 2 nitrogen and oxygen atoms in total. The quantitative estimate of drug-likeness (QED) is 0.682. The fourth-order valence-electron chi connectivity index (χ4n) is 0.834. The topological polar surface area (TPSA) is 18.5 Å². The van der Waals surface area contributed by atoms with Crippen molar-refractivity contribution in [1.29, 1.82) is 0 Å². The number of benzene rings is 1. The Bertz CT molecular complexity index is 216. The third-order valence-corrected chi connectivity index (χ3v) is 1.45. The molecule has 0 aromatic heterocycles. The van der Waals surface area contributed by atoms with Crippen molar-refractivity contribution in [2.24, 2.45) is 0 Å². The Balaban J connectivity index is 2.53. The smallest absolute Gasteiger partial charge is 0.135 e. The Morgan fingerprint density at radius 3 is 2.25 bits per heavy atom. The van der Waals surface area contributed by atoms with Gasteiger partial charge in [-0.3, -0.25) is 0 Å². The minimum Gasteiger partial charge on any atom is -0.497 e. The molecule has 1 rings (SSSR count). The average Bonchev–Trinajstić information content (AvgIpc) is 2.15. The highest BCUT2D eigenvalue weighted by atomic mass is 16.5. The van der Waals surface area contributed by atoms with Crippen LogP contribution in [0, 0.1) is 6.61 Å². The fourth-order valence-corrected chi connectivity index (χ4v) is 0.834. The Morgan fingerprint density at radius 1 is 1.17 bits per heavy atom. The maximum atomic E-state index is 5.27. The summed E-state index contributed by atoms with van der Waals surface area (Å²) in [6.07, 6.45) is 0.909. The van der Waals surface area contributed by atoms with E-state index in [9.17, 15) is 0 Å². The standard InChI is InChI=1S/C10H13O2/c1-3-8-12-10-6-4-9(11-2)5-7-10/h4-8H,3H2,1-2H3. The van der Waals surface area contributed by atoms with Crippen LogP contribution in [0.2, 0.25) is 0 Å². The van der Waals surface area contributed by atoms with Gasteiger partial charge in [-0.15, -0.1) is 0 Å². The summed E-state index contributed by atoms with van der Waals surface area (Å²) < 4.78 is 10.3. The molecular formula is C10H13O2. The van der Waals surface area contributed by atoms with Crippen LogP contribution < -0.4 is 9.47 Å². The van der Waals surface area contributed by atoms with E-state index in [2.05, 4.69) is 0 Å². The predicted molar refractivity (Wildman–Crippen MR) is 48.2 cm³/mol. The lowest BCUT2D eigenvalue weighted by atomic mass is 10.3. The van der Waals surface area contributed by atoms with Crippen molar-refractivity contribution < 1.29 is 9.47 Å². The molecule has 0 fully saturated rings. The molecule has 1 aromatic carbocycles. The third-order valence-electron chi connectivity index (χ3n) is 1.45. The van der Waals surface area contributed by atoms with E-state index in [1.54, 1.807) is 13.7 Å². The van der Waals surface area contributed by atoms with Crippen LogP contribution in [-0.2, 0) is 0 Å². The first kappa shape index (κ1) is 8.91. The van der Waals surface area contributed by atoms with Crippen molar-refractivity contribution in [2.75, 3.05) is 7.11 Å². The molecule has 12 heavy (non-hydrogen) atoms. The largest absolute Gasteiger partial charge is 0.497 e. The zero-order valence-corrected chi connectivity index (χ0v) is 7.41. The average molecular weight is 165 g/mol. The van der Waals surface area contributed by atoms with Gasteiger partial charge in [0.1, 0.15) is 18.1 Å². The minimum absolute atomic E-state index is 0.845. The van der Waals surface area contributed by atoms with Gasteiger partial charge >= 0.3 is 0 Å². The number of methoxy groups -OCH3 is 1. The van der Waals surface area contributed by atoms with Gasteiger partial charge in [-0.2, -0.15) is 0 Å². The van der Waals surface area contributed by atoms with Crippen molar-refractivity contribution in [2.45, 2.75) is 13.3 Å². The molecule has 2 heteroatoms. The summed E-state index contributed by atoms with van der Waals surface area (Å²) in [5, 5.41) is 0. The maximum absolute atomic E-state index is 5.27. The zero-order valence-electron chi connectivity index (χ0n) is 7.41.